The second kappa shape index (κ2) is 4.74. The van der Waals surface area contributed by atoms with E-state index in [0.29, 0.717) is 36.2 Å². The van der Waals surface area contributed by atoms with Crippen LogP contribution in [0.5, 0.6) is 11.5 Å². The van der Waals surface area contributed by atoms with Crippen molar-refractivity contribution in [1.29, 1.82) is 0 Å². The van der Waals surface area contributed by atoms with Gasteiger partial charge in [0, 0.05) is 12.8 Å². The highest BCUT2D eigenvalue weighted by Gasteiger charge is 2.17. The quantitative estimate of drug-likeness (QED) is 0.797. The van der Waals surface area contributed by atoms with E-state index in [9.17, 15) is 4.79 Å². The molecule has 1 aliphatic rings. The van der Waals surface area contributed by atoms with Gasteiger partial charge in [0.25, 0.3) is 0 Å². The Morgan fingerprint density at radius 1 is 1.38 bits per heavy atom. The molecular formula is C12H13ClO3. The number of rotatable bonds is 2. The number of ketones is 1. The Bertz CT molecular complexity index is 415. The molecule has 0 unspecified atom stereocenters. The lowest BCUT2D eigenvalue weighted by Gasteiger charge is -2.11. The summed E-state index contributed by atoms with van der Waals surface area (Å²) >= 11 is 6.19. The molecule has 0 radical (unpaired) electrons. The highest BCUT2D eigenvalue weighted by molar-refractivity contribution is 6.33. The highest BCUT2D eigenvalue weighted by Crippen LogP contribution is 2.39. The van der Waals surface area contributed by atoms with E-state index >= 15 is 0 Å². The summed E-state index contributed by atoms with van der Waals surface area (Å²) in [5.41, 5.74) is 0.790. The average Bonchev–Trinajstić information content (AvgIpc) is 2.47. The Balaban J connectivity index is 2.37. The molecule has 0 amide bonds. The van der Waals surface area contributed by atoms with Crippen LogP contribution in [0, 0.1) is 0 Å². The van der Waals surface area contributed by atoms with E-state index in [1.54, 1.807) is 6.92 Å². The Morgan fingerprint density at radius 2 is 2.12 bits per heavy atom. The van der Waals surface area contributed by atoms with Gasteiger partial charge in [-0.3, -0.25) is 4.79 Å². The van der Waals surface area contributed by atoms with Crippen LogP contribution < -0.4 is 9.47 Å². The molecule has 1 aromatic rings. The second-order valence-electron chi connectivity index (χ2n) is 3.80. The van der Waals surface area contributed by atoms with Crippen molar-refractivity contribution in [3.05, 3.63) is 22.7 Å². The van der Waals surface area contributed by atoms with Crippen molar-refractivity contribution in [2.75, 3.05) is 13.2 Å². The van der Waals surface area contributed by atoms with Gasteiger partial charge in [-0.2, -0.15) is 0 Å². The Hall–Kier alpha value is -1.22. The average molecular weight is 241 g/mol. The first kappa shape index (κ1) is 11.3. The number of ether oxygens (including phenoxy) is 2. The first-order valence-electron chi connectivity index (χ1n) is 5.25. The van der Waals surface area contributed by atoms with Gasteiger partial charge in [0.2, 0.25) is 0 Å². The first-order chi connectivity index (χ1) is 7.68. The molecule has 0 aliphatic carbocycles. The molecule has 3 nitrogen and oxygen atoms in total. The molecule has 0 atom stereocenters. The zero-order chi connectivity index (χ0) is 11.5. The molecule has 0 spiro atoms. The van der Waals surface area contributed by atoms with Gasteiger partial charge in [0.1, 0.15) is 5.78 Å². The van der Waals surface area contributed by atoms with Crippen LogP contribution in [0.1, 0.15) is 18.9 Å². The SMILES string of the molecule is CC(=O)Cc1ccc2c(c1Cl)OCCCO2. The van der Waals surface area contributed by atoms with Crippen LogP contribution in [0.3, 0.4) is 0 Å². The summed E-state index contributed by atoms with van der Waals surface area (Å²) in [5, 5.41) is 0.495. The van der Waals surface area contributed by atoms with E-state index in [1.807, 2.05) is 12.1 Å². The fraction of sp³-hybridized carbons (Fsp3) is 0.417. The molecule has 0 bridgehead atoms. The number of benzene rings is 1. The zero-order valence-electron chi connectivity index (χ0n) is 9.09. The van der Waals surface area contributed by atoms with Gasteiger partial charge in [-0.15, -0.1) is 0 Å². The van der Waals surface area contributed by atoms with Crippen LogP contribution in [0.2, 0.25) is 5.02 Å². The fourth-order valence-electron chi connectivity index (χ4n) is 1.65. The maximum atomic E-state index is 11.1. The van der Waals surface area contributed by atoms with E-state index in [4.69, 9.17) is 21.1 Å². The van der Waals surface area contributed by atoms with E-state index in [0.717, 1.165) is 12.0 Å². The van der Waals surface area contributed by atoms with Crippen molar-refractivity contribution in [1.82, 2.24) is 0 Å². The minimum Gasteiger partial charge on any atom is -0.490 e. The molecule has 86 valence electrons. The van der Waals surface area contributed by atoms with Crippen molar-refractivity contribution in [3.63, 3.8) is 0 Å². The van der Waals surface area contributed by atoms with Gasteiger partial charge in [0.15, 0.2) is 11.5 Å². The van der Waals surface area contributed by atoms with Crippen LogP contribution in [-0.4, -0.2) is 19.0 Å². The standard InChI is InChI=1S/C12H13ClO3/c1-8(14)7-9-3-4-10-12(11(9)13)16-6-2-5-15-10/h3-4H,2,5-7H2,1H3. The molecule has 0 N–H and O–H groups in total. The number of hydrogen-bond acceptors (Lipinski definition) is 3. The number of Topliss-reactive ketones (excluding diaryl/α,β-unsaturated/α-hetero) is 1. The number of hydrogen-bond donors (Lipinski definition) is 0. The van der Waals surface area contributed by atoms with Crippen molar-refractivity contribution in [2.45, 2.75) is 19.8 Å². The van der Waals surface area contributed by atoms with E-state index < -0.39 is 0 Å². The molecule has 16 heavy (non-hydrogen) atoms. The zero-order valence-corrected chi connectivity index (χ0v) is 9.84. The summed E-state index contributed by atoms with van der Waals surface area (Å²) in [5.74, 6) is 1.31. The second-order valence-corrected chi connectivity index (χ2v) is 4.17. The minimum absolute atomic E-state index is 0.0800. The molecule has 0 aromatic heterocycles. The van der Waals surface area contributed by atoms with Gasteiger partial charge in [-0.05, 0) is 18.6 Å². The molecule has 1 aromatic carbocycles. The number of carbonyl (C=O) groups excluding carboxylic acids is 1. The smallest absolute Gasteiger partial charge is 0.180 e. The van der Waals surface area contributed by atoms with E-state index in [2.05, 4.69) is 0 Å². The van der Waals surface area contributed by atoms with E-state index in [1.165, 1.54) is 0 Å². The van der Waals surface area contributed by atoms with Crippen molar-refractivity contribution in [3.8, 4) is 11.5 Å². The van der Waals surface area contributed by atoms with Gasteiger partial charge >= 0.3 is 0 Å². The van der Waals surface area contributed by atoms with Crippen molar-refractivity contribution < 1.29 is 14.3 Å². The third kappa shape index (κ3) is 2.30. The number of fused-ring (bicyclic) bond motifs is 1. The Morgan fingerprint density at radius 3 is 2.88 bits per heavy atom. The summed E-state index contributed by atoms with van der Waals surface area (Å²) in [6.45, 7) is 2.77. The Labute approximate surface area is 99.3 Å². The van der Waals surface area contributed by atoms with Gasteiger partial charge < -0.3 is 9.47 Å². The molecular weight excluding hydrogens is 228 g/mol. The van der Waals surface area contributed by atoms with Crippen LogP contribution >= 0.6 is 11.6 Å². The normalized spacial score (nSPS) is 14.4. The highest BCUT2D eigenvalue weighted by atomic mass is 35.5. The van der Waals surface area contributed by atoms with Crippen LogP contribution in [0.4, 0.5) is 0 Å². The maximum absolute atomic E-state index is 11.1. The lowest BCUT2D eigenvalue weighted by molar-refractivity contribution is -0.116. The van der Waals surface area contributed by atoms with Crippen LogP contribution in [0.15, 0.2) is 12.1 Å². The van der Waals surface area contributed by atoms with Crippen molar-refractivity contribution in [2.24, 2.45) is 0 Å². The predicted octanol–water partition coefficient (Wildman–Crippen LogP) is 2.63. The summed E-state index contributed by atoms with van der Waals surface area (Å²) in [6, 6.07) is 3.63. The number of carbonyl (C=O) groups is 1. The molecule has 4 heteroatoms. The fourth-order valence-corrected chi connectivity index (χ4v) is 1.92. The minimum atomic E-state index is 0.0800. The lowest BCUT2D eigenvalue weighted by atomic mass is 10.1. The maximum Gasteiger partial charge on any atom is 0.180 e. The summed E-state index contributed by atoms with van der Waals surface area (Å²) in [6.07, 6.45) is 1.17. The number of halogens is 1. The summed E-state index contributed by atoms with van der Waals surface area (Å²) in [4.78, 5) is 11.1. The first-order valence-corrected chi connectivity index (χ1v) is 5.62. The monoisotopic (exact) mass is 240 g/mol. The lowest BCUT2D eigenvalue weighted by Crippen LogP contribution is -2.00. The third-order valence-corrected chi connectivity index (χ3v) is 2.79. The van der Waals surface area contributed by atoms with Gasteiger partial charge in [-0.25, -0.2) is 0 Å². The predicted molar refractivity (Wildman–Crippen MR) is 61.4 cm³/mol. The molecule has 0 saturated carbocycles. The van der Waals surface area contributed by atoms with E-state index in [-0.39, 0.29) is 5.78 Å². The molecule has 1 aliphatic heterocycles. The summed E-state index contributed by atoms with van der Waals surface area (Å²) in [7, 11) is 0. The van der Waals surface area contributed by atoms with Crippen LogP contribution in [0.25, 0.3) is 0 Å². The summed E-state index contributed by atoms with van der Waals surface area (Å²) < 4.78 is 11.0. The van der Waals surface area contributed by atoms with Crippen LogP contribution in [-0.2, 0) is 11.2 Å². The molecule has 0 saturated heterocycles. The largest absolute Gasteiger partial charge is 0.490 e. The molecule has 2 rings (SSSR count). The van der Waals surface area contributed by atoms with Gasteiger partial charge in [-0.1, -0.05) is 17.7 Å². The molecule has 0 fully saturated rings. The van der Waals surface area contributed by atoms with Crippen molar-refractivity contribution >= 4 is 17.4 Å². The Kier molecular flexibility index (Phi) is 3.34. The molecule has 1 heterocycles. The van der Waals surface area contributed by atoms with Gasteiger partial charge in [0.05, 0.1) is 18.2 Å². The third-order valence-electron chi connectivity index (χ3n) is 2.37. The topological polar surface area (TPSA) is 35.5 Å².